The number of carbonyl (C=O) groups excluding carboxylic acids is 1. The van der Waals surface area contributed by atoms with Gasteiger partial charge in [-0.05, 0) is 35.9 Å². The molecule has 7 nitrogen and oxygen atoms in total. The lowest BCUT2D eigenvalue weighted by atomic mass is 10.2. The molecule has 2 aromatic carbocycles. The summed E-state index contributed by atoms with van der Waals surface area (Å²) < 4.78 is 10.5. The number of ether oxygens (including phenoxy) is 2. The maximum Gasteiger partial charge on any atom is 0.289 e. The third-order valence-corrected chi connectivity index (χ3v) is 3.55. The van der Waals surface area contributed by atoms with E-state index in [4.69, 9.17) is 21.1 Å². The molecule has 1 heterocycles. The van der Waals surface area contributed by atoms with Crippen LogP contribution >= 0.6 is 11.6 Å². The number of hydrogen-bond donors (Lipinski definition) is 1. The van der Waals surface area contributed by atoms with Gasteiger partial charge in [0.2, 0.25) is 12.7 Å². The lowest BCUT2D eigenvalue weighted by molar-refractivity contribution is -0.384. The second-order valence-electron chi connectivity index (χ2n) is 4.86. The molecule has 24 heavy (non-hydrogen) atoms. The summed E-state index contributed by atoms with van der Waals surface area (Å²) in [5.74, 6) is 0.847. The molecule has 2 aromatic rings. The molecule has 1 aliphatic heterocycles. The number of anilines is 1. The van der Waals surface area contributed by atoms with Crippen molar-refractivity contribution in [2.75, 3.05) is 12.1 Å². The Kier molecular flexibility index (Phi) is 4.35. The van der Waals surface area contributed by atoms with Gasteiger partial charge in [-0.3, -0.25) is 14.9 Å². The molecule has 0 fully saturated rings. The van der Waals surface area contributed by atoms with Gasteiger partial charge in [0.15, 0.2) is 11.5 Å². The normalized spacial score (nSPS) is 12.4. The van der Waals surface area contributed by atoms with Gasteiger partial charge in [-0.15, -0.1) is 0 Å². The van der Waals surface area contributed by atoms with Crippen molar-refractivity contribution in [3.8, 4) is 11.5 Å². The molecule has 8 heteroatoms. The first-order chi connectivity index (χ1) is 11.5. The molecule has 0 aromatic heterocycles. The molecule has 122 valence electrons. The van der Waals surface area contributed by atoms with Crippen LogP contribution < -0.4 is 14.8 Å². The summed E-state index contributed by atoms with van der Waals surface area (Å²) >= 11 is 5.72. The SMILES string of the molecule is O=C(C=Cc1ccc2c(c1)OCO2)Nc1ccc(Cl)c([N+](=O)[O-])c1. The Balaban J connectivity index is 1.69. The third kappa shape index (κ3) is 3.47. The van der Waals surface area contributed by atoms with Crippen LogP contribution in [0.15, 0.2) is 42.5 Å². The number of nitro groups is 1. The number of nitrogens with one attached hydrogen (secondary N) is 1. The van der Waals surface area contributed by atoms with E-state index in [1.165, 1.54) is 24.3 Å². The molecule has 0 spiro atoms. The molecule has 0 unspecified atom stereocenters. The second kappa shape index (κ2) is 6.59. The highest BCUT2D eigenvalue weighted by Gasteiger charge is 2.14. The van der Waals surface area contributed by atoms with Crippen molar-refractivity contribution in [1.29, 1.82) is 0 Å². The van der Waals surface area contributed by atoms with Crippen LogP contribution in [0.2, 0.25) is 5.02 Å². The van der Waals surface area contributed by atoms with E-state index < -0.39 is 10.8 Å². The number of amides is 1. The van der Waals surface area contributed by atoms with Crippen molar-refractivity contribution in [3.05, 3.63) is 63.2 Å². The first-order valence-corrected chi connectivity index (χ1v) is 7.23. The highest BCUT2D eigenvalue weighted by atomic mass is 35.5. The molecule has 1 aliphatic rings. The average Bonchev–Trinajstić information content (AvgIpc) is 3.02. The van der Waals surface area contributed by atoms with Crippen LogP contribution in [0, 0.1) is 10.1 Å². The van der Waals surface area contributed by atoms with E-state index in [2.05, 4.69) is 5.32 Å². The predicted octanol–water partition coefficient (Wildman–Crippen LogP) is 3.63. The maximum atomic E-state index is 11.9. The van der Waals surface area contributed by atoms with Crippen molar-refractivity contribution in [2.24, 2.45) is 0 Å². The summed E-state index contributed by atoms with van der Waals surface area (Å²) in [4.78, 5) is 22.2. The van der Waals surface area contributed by atoms with Crippen LogP contribution in [0.3, 0.4) is 0 Å². The fourth-order valence-electron chi connectivity index (χ4n) is 2.10. The number of halogens is 1. The molecule has 0 aliphatic carbocycles. The van der Waals surface area contributed by atoms with Gasteiger partial charge in [-0.25, -0.2) is 0 Å². The summed E-state index contributed by atoms with van der Waals surface area (Å²) in [5, 5.41) is 13.4. The second-order valence-corrected chi connectivity index (χ2v) is 5.27. The van der Waals surface area contributed by atoms with Crippen molar-refractivity contribution in [1.82, 2.24) is 0 Å². The Morgan fingerprint density at radius 1 is 1.21 bits per heavy atom. The first kappa shape index (κ1) is 15.8. The highest BCUT2D eigenvalue weighted by molar-refractivity contribution is 6.32. The van der Waals surface area contributed by atoms with Gasteiger partial charge in [0.25, 0.3) is 5.69 Å². The van der Waals surface area contributed by atoms with Crippen LogP contribution in [-0.4, -0.2) is 17.6 Å². The van der Waals surface area contributed by atoms with Crippen molar-refractivity contribution >= 4 is 35.0 Å². The van der Waals surface area contributed by atoms with Crippen molar-refractivity contribution in [2.45, 2.75) is 0 Å². The first-order valence-electron chi connectivity index (χ1n) is 6.85. The summed E-state index contributed by atoms with van der Waals surface area (Å²) in [6, 6.07) is 9.33. The van der Waals surface area contributed by atoms with Gasteiger partial charge < -0.3 is 14.8 Å². The van der Waals surface area contributed by atoms with Crippen LogP contribution in [0.25, 0.3) is 6.08 Å². The van der Waals surface area contributed by atoms with E-state index in [1.807, 2.05) is 0 Å². The zero-order valence-electron chi connectivity index (χ0n) is 12.2. The van der Waals surface area contributed by atoms with E-state index in [0.717, 1.165) is 5.56 Å². The summed E-state index contributed by atoms with van der Waals surface area (Å²) in [5.41, 5.74) is 0.775. The minimum Gasteiger partial charge on any atom is -0.454 e. The Labute approximate surface area is 141 Å². The third-order valence-electron chi connectivity index (χ3n) is 3.23. The molecule has 3 rings (SSSR count). The number of hydrogen-bond acceptors (Lipinski definition) is 5. The topological polar surface area (TPSA) is 90.7 Å². The van der Waals surface area contributed by atoms with Crippen LogP contribution in [-0.2, 0) is 4.79 Å². The molecule has 0 bridgehead atoms. The Hall–Kier alpha value is -3.06. The van der Waals surface area contributed by atoms with E-state index in [0.29, 0.717) is 11.5 Å². The number of rotatable bonds is 4. The van der Waals surface area contributed by atoms with Crippen LogP contribution in [0.5, 0.6) is 11.5 Å². The van der Waals surface area contributed by atoms with Gasteiger partial charge in [0, 0.05) is 17.8 Å². The highest BCUT2D eigenvalue weighted by Crippen LogP contribution is 2.32. The van der Waals surface area contributed by atoms with Gasteiger partial charge in [0.05, 0.1) is 4.92 Å². The quantitative estimate of drug-likeness (QED) is 0.518. The van der Waals surface area contributed by atoms with E-state index >= 15 is 0 Å². The van der Waals surface area contributed by atoms with Crippen LogP contribution in [0.4, 0.5) is 11.4 Å². The standard InChI is InChI=1S/C16H11ClN2O5/c17-12-4-3-11(8-13(12)19(21)22)18-16(20)6-2-10-1-5-14-15(7-10)24-9-23-14/h1-8H,9H2,(H,18,20). The fourth-order valence-corrected chi connectivity index (χ4v) is 2.29. The molecule has 0 saturated heterocycles. The smallest absolute Gasteiger partial charge is 0.289 e. The van der Waals surface area contributed by atoms with Crippen LogP contribution in [0.1, 0.15) is 5.56 Å². The molecule has 1 N–H and O–H groups in total. The molecule has 0 radical (unpaired) electrons. The Bertz CT molecular complexity index is 850. The van der Waals surface area contributed by atoms with Crippen molar-refractivity contribution < 1.29 is 19.2 Å². The van der Waals surface area contributed by atoms with E-state index in [1.54, 1.807) is 24.3 Å². The van der Waals surface area contributed by atoms with Gasteiger partial charge in [-0.1, -0.05) is 17.7 Å². The number of nitrogens with zero attached hydrogens (tertiary/aromatic N) is 1. The lowest BCUT2D eigenvalue weighted by Crippen LogP contribution is -2.08. The molecular formula is C16H11ClN2O5. The zero-order valence-corrected chi connectivity index (χ0v) is 12.9. The minimum absolute atomic E-state index is 0.00824. The number of benzene rings is 2. The molecule has 1 amide bonds. The number of nitro benzene ring substituents is 1. The molecular weight excluding hydrogens is 336 g/mol. The Morgan fingerprint density at radius 2 is 2.00 bits per heavy atom. The lowest BCUT2D eigenvalue weighted by Gasteiger charge is -2.03. The minimum atomic E-state index is -0.611. The monoisotopic (exact) mass is 346 g/mol. The predicted molar refractivity (Wildman–Crippen MR) is 88.3 cm³/mol. The summed E-state index contributed by atoms with van der Waals surface area (Å²) in [6.45, 7) is 0.179. The Morgan fingerprint density at radius 3 is 2.79 bits per heavy atom. The summed E-state index contributed by atoms with van der Waals surface area (Å²) in [7, 11) is 0. The summed E-state index contributed by atoms with van der Waals surface area (Å²) in [6.07, 6.45) is 2.92. The average molecular weight is 347 g/mol. The van der Waals surface area contributed by atoms with E-state index in [9.17, 15) is 14.9 Å². The molecule has 0 atom stereocenters. The fraction of sp³-hybridized carbons (Fsp3) is 0.0625. The molecule has 0 saturated carbocycles. The maximum absolute atomic E-state index is 11.9. The number of carbonyl (C=O) groups is 1. The zero-order chi connectivity index (χ0) is 17.1. The number of fused-ring (bicyclic) bond motifs is 1. The van der Waals surface area contributed by atoms with Crippen molar-refractivity contribution in [3.63, 3.8) is 0 Å². The van der Waals surface area contributed by atoms with E-state index in [-0.39, 0.29) is 23.2 Å². The van der Waals surface area contributed by atoms with Gasteiger partial charge in [0.1, 0.15) is 5.02 Å². The van der Waals surface area contributed by atoms with Gasteiger partial charge in [-0.2, -0.15) is 0 Å². The largest absolute Gasteiger partial charge is 0.454 e. The van der Waals surface area contributed by atoms with Gasteiger partial charge >= 0.3 is 0 Å².